The maximum Gasteiger partial charge on any atom is 0.332 e. The minimum atomic E-state index is -0.786. The smallest absolute Gasteiger partial charge is 0.332 e. The summed E-state index contributed by atoms with van der Waals surface area (Å²) in [5.74, 6) is -0.359. The van der Waals surface area contributed by atoms with Gasteiger partial charge in [-0.3, -0.25) is 4.79 Å². The van der Waals surface area contributed by atoms with Crippen molar-refractivity contribution in [1.82, 2.24) is 5.43 Å². The van der Waals surface area contributed by atoms with Gasteiger partial charge in [0, 0.05) is 5.69 Å². The van der Waals surface area contributed by atoms with E-state index in [1.54, 1.807) is 18.2 Å². The predicted molar refractivity (Wildman–Crippen MR) is 98.8 cm³/mol. The number of hydrogen-bond acceptors (Lipinski definition) is 5. The second-order valence-electron chi connectivity index (χ2n) is 5.11. The normalized spacial score (nSPS) is 10.5. The van der Waals surface area contributed by atoms with Gasteiger partial charge in [-0.2, -0.15) is 5.10 Å². The third-order valence-corrected chi connectivity index (χ3v) is 3.43. The Morgan fingerprint density at radius 3 is 2.70 bits per heavy atom. The molecule has 0 aromatic heterocycles. The van der Waals surface area contributed by atoms with Crippen LogP contribution < -0.4 is 25.9 Å². The fourth-order valence-electron chi connectivity index (χ4n) is 1.97. The molecule has 2 aromatic rings. The number of nitrogens with zero attached hydrogens (tertiary/aromatic N) is 1. The molecule has 0 saturated carbocycles. The SMILES string of the molecule is COc1cc(/C=N\NC(N)=O)ccc1OCC(=O)Nc1ccc(F)c(Cl)c1. The van der Waals surface area contributed by atoms with Crippen LogP contribution in [-0.2, 0) is 4.79 Å². The van der Waals surface area contributed by atoms with Crippen LogP contribution in [0, 0.1) is 5.82 Å². The van der Waals surface area contributed by atoms with Gasteiger partial charge in [-0.25, -0.2) is 14.6 Å². The molecule has 0 atom stereocenters. The van der Waals surface area contributed by atoms with Crippen molar-refractivity contribution in [2.24, 2.45) is 10.8 Å². The molecule has 0 spiro atoms. The van der Waals surface area contributed by atoms with Gasteiger partial charge < -0.3 is 20.5 Å². The molecule has 0 aliphatic carbocycles. The number of halogens is 2. The highest BCUT2D eigenvalue weighted by Gasteiger charge is 2.10. The molecule has 8 nitrogen and oxygen atoms in total. The zero-order chi connectivity index (χ0) is 19.8. The van der Waals surface area contributed by atoms with E-state index in [9.17, 15) is 14.0 Å². The van der Waals surface area contributed by atoms with Crippen molar-refractivity contribution in [2.45, 2.75) is 0 Å². The minimum absolute atomic E-state index is 0.0986. The maximum atomic E-state index is 13.1. The summed E-state index contributed by atoms with van der Waals surface area (Å²) in [6, 6.07) is 7.85. The number of nitrogens with one attached hydrogen (secondary N) is 2. The average molecular weight is 395 g/mol. The van der Waals surface area contributed by atoms with Gasteiger partial charge in [-0.05, 0) is 42.0 Å². The quantitative estimate of drug-likeness (QED) is 0.494. The summed E-state index contributed by atoms with van der Waals surface area (Å²) in [7, 11) is 1.44. The fraction of sp³-hybridized carbons (Fsp3) is 0.118. The Kier molecular flexibility index (Phi) is 6.95. The Balaban J connectivity index is 1.97. The van der Waals surface area contributed by atoms with Crippen molar-refractivity contribution in [3.05, 3.63) is 52.8 Å². The first-order valence-corrected chi connectivity index (χ1v) is 7.91. The second kappa shape index (κ2) is 9.39. The molecule has 0 bridgehead atoms. The molecule has 0 radical (unpaired) electrons. The summed E-state index contributed by atoms with van der Waals surface area (Å²) in [4.78, 5) is 22.5. The van der Waals surface area contributed by atoms with Crippen LogP contribution in [0.3, 0.4) is 0 Å². The molecule has 0 aliphatic rings. The number of hydrazone groups is 1. The van der Waals surface area contributed by atoms with Crippen LogP contribution in [-0.4, -0.2) is 31.9 Å². The van der Waals surface area contributed by atoms with Crippen LogP contribution in [0.25, 0.3) is 0 Å². The lowest BCUT2D eigenvalue weighted by Crippen LogP contribution is -2.24. The number of methoxy groups -OCH3 is 1. The number of anilines is 1. The molecular formula is C17H16ClFN4O4. The number of amides is 3. The van der Waals surface area contributed by atoms with Crippen LogP contribution in [0.2, 0.25) is 5.02 Å². The van der Waals surface area contributed by atoms with Gasteiger partial charge in [0.2, 0.25) is 0 Å². The van der Waals surface area contributed by atoms with Gasteiger partial charge in [-0.15, -0.1) is 0 Å². The third-order valence-electron chi connectivity index (χ3n) is 3.14. The van der Waals surface area contributed by atoms with Crippen molar-refractivity contribution >= 4 is 35.4 Å². The Bertz CT molecular complexity index is 876. The Morgan fingerprint density at radius 1 is 1.26 bits per heavy atom. The number of carbonyl (C=O) groups excluding carboxylic acids is 2. The standard InChI is InChI=1S/C17H16ClFN4O4/c1-26-15-6-10(8-21-23-17(20)25)2-5-14(15)27-9-16(24)22-11-3-4-13(19)12(18)7-11/h2-8H,9H2,1H3,(H,22,24)(H3,20,23,25)/b21-8-. The molecule has 10 heteroatoms. The zero-order valence-corrected chi connectivity index (χ0v) is 14.9. The molecule has 0 heterocycles. The number of nitrogens with two attached hydrogens (primary N) is 1. The summed E-state index contributed by atoms with van der Waals surface area (Å²) in [6.07, 6.45) is 1.36. The van der Waals surface area contributed by atoms with Crippen LogP contribution in [0.15, 0.2) is 41.5 Å². The Hall–Kier alpha value is -3.33. The van der Waals surface area contributed by atoms with E-state index in [1.807, 2.05) is 0 Å². The van der Waals surface area contributed by atoms with Gasteiger partial charge in [-0.1, -0.05) is 11.6 Å². The summed E-state index contributed by atoms with van der Waals surface area (Å²) in [5.41, 5.74) is 7.92. The number of hydrogen-bond donors (Lipinski definition) is 3. The summed E-state index contributed by atoms with van der Waals surface area (Å²) >= 11 is 5.66. The summed E-state index contributed by atoms with van der Waals surface area (Å²) < 4.78 is 23.8. The lowest BCUT2D eigenvalue weighted by atomic mass is 10.2. The lowest BCUT2D eigenvalue weighted by molar-refractivity contribution is -0.118. The number of carbonyl (C=O) groups is 2. The molecule has 0 unspecified atom stereocenters. The topological polar surface area (TPSA) is 115 Å². The number of benzene rings is 2. The number of ether oxygens (including phenoxy) is 2. The number of rotatable bonds is 7. The molecular weight excluding hydrogens is 379 g/mol. The molecule has 142 valence electrons. The second-order valence-corrected chi connectivity index (χ2v) is 5.52. The Labute approximate surface area is 159 Å². The minimum Gasteiger partial charge on any atom is -0.493 e. The molecule has 2 rings (SSSR count). The first-order valence-electron chi connectivity index (χ1n) is 7.53. The highest BCUT2D eigenvalue weighted by molar-refractivity contribution is 6.31. The highest BCUT2D eigenvalue weighted by Crippen LogP contribution is 2.27. The molecule has 2 aromatic carbocycles. The highest BCUT2D eigenvalue weighted by atomic mass is 35.5. The molecule has 0 saturated heterocycles. The molecule has 0 aliphatic heterocycles. The van der Waals surface area contributed by atoms with Crippen LogP contribution in [0.1, 0.15) is 5.56 Å². The first kappa shape index (κ1) is 20.0. The first-order chi connectivity index (χ1) is 12.9. The van der Waals surface area contributed by atoms with Crippen molar-refractivity contribution in [2.75, 3.05) is 19.0 Å². The van der Waals surface area contributed by atoms with E-state index in [1.165, 1.54) is 25.5 Å². The van der Waals surface area contributed by atoms with Crippen LogP contribution >= 0.6 is 11.6 Å². The van der Waals surface area contributed by atoms with Gasteiger partial charge in [0.15, 0.2) is 18.1 Å². The monoisotopic (exact) mass is 394 g/mol. The maximum absolute atomic E-state index is 13.1. The van der Waals surface area contributed by atoms with Crippen molar-refractivity contribution < 1.29 is 23.5 Å². The summed E-state index contributed by atoms with van der Waals surface area (Å²) in [5, 5.41) is 6.07. The average Bonchev–Trinajstić information content (AvgIpc) is 2.63. The zero-order valence-electron chi connectivity index (χ0n) is 14.2. The molecule has 3 amide bonds. The van der Waals surface area contributed by atoms with E-state index in [0.717, 1.165) is 6.07 Å². The van der Waals surface area contributed by atoms with Crippen LogP contribution in [0.4, 0.5) is 14.9 Å². The Morgan fingerprint density at radius 2 is 2.04 bits per heavy atom. The van der Waals surface area contributed by atoms with E-state index in [-0.39, 0.29) is 11.6 Å². The van der Waals surface area contributed by atoms with Crippen molar-refractivity contribution in [3.8, 4) is 11.5 Å². The predicted octanol–water partition coefficient (Wildman–Crippen LogP) is 2.51. The molecule has 0 fully saturated rings. The lowest BCUT2D eigenvalue weighted by Gasteiger charge is -2.11. The van der Waals surface area contributed by atoms with E-state index in [0.29, 0.717) is 22.7 Å². The molecule has 4 N–H and O–H groups in total. The largest absolute Gasteiger partial charge is 0.493 e. The number of urea groups is 1. The van der Waals surface area contributed by atoms with Gasteiger partial charge >= 0.3 is 6.03 Å². The van der Waals surface area contributed by atoms with E-state index in [2.05, 4.69) is 15.8 Å². The van der Waals surface area contributed by atoms with Gasteiger partial charge in [0.05, 0.1) is 18.3 Å². The van der Waals surface area contributed by atoms with Crippen LogP contribution in [0.5, 0.6) is 11.5 Å². The van der Waals surface area contributed by atoms with E-state index in [4.69, 9.17) is 26.8 Å². The third kappa shape index (κ3) is 6.15. The van der Waals surface area contributed by atoms with Gasteiger partial charge in [0.1, 0.15) is 5.82 Å². The van der Waals surface area contributed by atoms with Crippen molar-refractivity contribution in [3.63, 3.8) is 0 Å². The number of primary amides is 1. The van der Waals surface area contributed by atoms with Gasteiger partial charge in [0.25, 0.3) is 5.91 Å². The summed E-state index contributed by atoms with van der Waals surface area (Å²) in [6.45, 7) is -0.304. The molecule has 27 heavy (non-hydrogen) atoms. The fourth-order valence-corrected chi connectivity index (χ4v) is 2.15. The van der Waals surface area contributed by atoms with E-state index >= 15 is 0 Å². The van der Waals surface area contributed by atoms with E-state index < -0.39 is 17.8 Å². The van der Waals surface area contributed by atoms with Crippen molar-refractivity contribution in [1.29, 1.82) is 0 Å².